The molecule has 0 aliphatic carbocycles. The van der Waals surface area contributed by atoms with Crippen molar-refractivity contribution in [2.75, 3.05) is 7.11 Å². The van der Waals surface area contributed by atoms with E-state index in [1.54, 1.807) is 0 Å². The highest BCUT2D eigenvalue weighted by Gasteiger charge is 2.15. The average Bonchev–Trinajstić information content (AvgIpc) is 2.61. The Morgan fingerprint density at radius 1 is 1.32 bits per heavy atom. The number of esters is 1. The van der Waals surface area contributed by atoms with E-state index >= 15 is 0 Å². The highest BCUT2D eigenvalue weighted by molar-refractivity contribution is 6.30. The number of amides is 1. The molecular weight excluding hydrogens is 351 g/mol. The number of nitrogens with one attached hydrogen (secondary N) is 1. The lowest BCUT2D eigenvalue weighted by Gasteiger charge is -2.07. The summed E-state index contributed by atoms with van der Waals surface area (Å²) in [5.74, 6) is -1.73. The first-order chi connectivity index (χ1) is 11.9. The Morgan fingerprint density at radius 3 is 2.68 bits per heavy atom. The van der Waals surface area contributed by atoms with Crippen LogP contribution in [0.1, 0.15) is 32.4 Å². The molecule has 0 aliphatic heterocycles. The fourth-order valence-electron chi connectivity index (χ4n) is 1.87. The van der Waals surface area contributed by atoms with E-state index in [1.165, 1.54) is 43.7 Å². The molecule has 1 amide bonds. The molecule has 0 unspecified atom stereocenters. The van der Waals surface area contributed by atoms with Gasteiger partial charge < -0.3 is 15.8 Å². The van der Waals surface area contributed by atoms with Crippen LogP contribution in [0.4, 0.5) is 4.39 Å². The van der Waals surface area contributed by atoms with Crippen molar-refractivity contribution in [3.63, 3.8) is 0 Å². The number of rotatable bonds is 5. The van der Waals surface area contributed by atoms with Gasteiger partial charge in [-0.05, 0) is 30.0 Å². The minimum Gasteiger partial charge on any atom is -0.464 e. The van der Waals surface area contributed by atoms with Gasteiger partial charge in [0.15, 0.2) is 11.5 Å². The third-order valence-electron chi connectivity index (χ3n) is 3.05. The molecule has 9 heteroatoms. The Bertz CT molecular complexity index is 842. The van der Waals surface area contributed by atoms with Crippen LogP contribution in [0.15, 0.2) is 30.5 Å². The number of methoxy groups -OCH3 is 1. The lowest BCUT2D eigenvalue weighted by atomic mass is 10.2. The predicted molar refractivity (Wildman–Crippen MR) is 89.2 cm³/mol. The van der Waals surface area contributed by atoms with Crippen molar-refractivity contribution in [3.05, 3.63) is 64.1 Å². The lowest BCUT2D eigenvalue weighted by Crippen LogP contribution is -2.25. The van der Waals surface area contributed by atoms with Crippen molar-refractivity contribution >= 4 is 29.6 Å². The standard InChI is InChI=1S/C16H14ClFN4O3/c1-25-16(24)13-7-12(21-14(22-13)4-5-19)15(23)20-8-9-2-3-11(18)10(17)6-9/h2-7H,8,19H2,1H3,(H,20,23). The van der Waals surface area contributed by atoms with Crippen LogP contribution in [0.5, 0.6) is 0 Å². The maximum absolute atomic E-state index is 13.1. The molecule has 0 radical (unpaired) electrons. The van der Waals surface area contributed by atoms with Crippen LogP contribution in [0.2, 0.25) is 5.02 Å². The third kappa shape index (κ3) is 4.74. The summed E-state index contributed by atoms with van der Waals surface area (Å²) < 4.78 is 17.7. The van der Waals surface area contributed by atoms with Gasteiger partial charge in [0.25, 0.3) is 5.91 Å². The number of nitrogens with zero attached hydrogens (tertiary/aromatic N) is 2. The first-order valence-electron chi connectivity index (χ1n) is 7.02. The van der Waals surface area contributed by atoms with E-state index < -0.39 is 17.7 Å². The van der Waals surface area contributed by atoms with Crippen LogP contribution < -0.4 is 11.1 Å². The third-order valence-corrected chi connectivity index (χ3v) is 3.34. The second-order valence-corrected chi connectivity index (χ2v) is 5.19. The highest BCUT2D eigenvalue weighted by atomic mass is 35.5. The molecule has 2 aromatic rings. The van der Waals surface area contributed by atoms with Crippen molar-refractivity contribution in [2.45, 2.75) is 6.54 Å². The molecule has 0 fully saturated rings. The van der Waals surface area contributed by atoms with Gasteiger partial charge in [-0.2, -0.15) is 0 Å². The van der Waals surface area contributed by atoms with Gasteiger partial charge in [0, 0.05) is 12.6 Å². The van der Waals surface area contributed by atoms with Crippen molar-refractivity contribution in [1.29, 1.82) is 0 Å². The van der Waals surface area contributed by atoms with Crippen molar-refractivity contribution in [1.82, 2.24) is 15.3 Å². The first-order valence-corrected chi connectivity index (χ1v) is 7.40. The summed E-state index contributed by atoms with van der Waals surface area (Å²) in [7, 11) is 1.20. The second kappa shape index (κ2) is 8.20. The zero-order valence-corrected chi connectivity index (χ0v) is 13.9. The molecule has 1 aromatic heterocycles. The van der Waals surface area contributed by atoms with E-state index in [9.17, 15) is 14.0 Å². The number of ether oxygens (including phenoxy) is 1. The lowest BCUT2D eigenvalue weighted by molar-refractivity contribution is 0.0593. The van der Waals surface area contributed by atoms with Crippen molar-refractivity contribution in [2.24, 2.45) is 5.73 Å². The minimum atomic E-state index is -0.714. The van der Waals surface area contributed by atoms with Crippen LogP contribution >= 0.6 is 11.6 Å². The molecule has 0 spiro atoms. The Hall–Kier alpha value is -3.00. The summed E-state index contributed by atoms with van der Waals surface area (Å²) >= 11 is 5.69. The number of hydrogen-bond acceptors (Lipinski definition) is 6. The topological polar surface area (TPSA) is 107 Å². The van der Waals surface area contributed by atoms with Crippen LogP contribution in [0, 0.1) is 5.82 Å². The van der Waals surface area contributed by atoms with E-state index in [1.807, 2.05) is 0 Å². The SMILES string of the molecule is COC(=O)c1cc(C(=O)NCc2ccc(F)c(Cl)c2)nc(C=CN)n1. The van der Waals surface area contributed by atoms with Crippen molar-refractivity contribution in [3.8, 4) is 0 Å². The quantitative estimate of drug-likeness (QED) is 0.785. The Labute approximate surface area is 147 Å². The predicted octanol–water partition coefficient (Wildman–Crippen LogP) is 1.92. The summed E-state index contributed by atoms with van der Waals surface area (Å²) in [6, 6.07) is 5.30. The summed E-state index contributed by atoms with van der Waals surface area (Å²) in [6.45, 7) is 0.0957. The second-order valence-electron chi connectivity index (χ2n) is 4.78. The zero-order valence-electron chi connectivity index (χ0n) is 13.1. The number of halogens is 2. The molecule has 7 nitrogen and oxygen atoms in total. The molecule has 25 heavy (non-hydrogen) atoms. The smallest absolute Gasteiger partial charge is 0.356 e. The van der Waals surface area contributed by atoms with Gasteiger partial charge in [-0.15, -0.1) is 0 Å². The maximum atomic E-state index is 13.1. The van der Waals surface area contributed by atoms with Gasteiger partial charge in [-0.3, -0.25) is 4.79 Å². The monoisotopic (exact) mass is 364 g/mol. The number of carbonyl (C=O) groups excluding carboxylic acids is 2. The van der Waals surface area contributed by atoms with E-state index in [0.29, 0.717) is 5.56 Å². The van der Waals surface area contributed by atoms with E-state index in [-0.39, 0.29) is 28.8 Å². The molecule has 0 aliphatic rings. The van der Waals surface area contributed by atoms with Gasteiger partial charge in [-0.1, -0.05) is 17.7 Å². The fraction of sp³-hybridized carbons (Fsp3) is 0.125. The van der Waals surface area contributed by atoms with E-state index in [0.717, 1.165) is 0 Å². The molecule has 130 valence electrons. The Kier molecular flexibility index (Phi) is 6.02. The number of hydrogen-bond donors (Lipinski definition) is 2. The summed E-state index contributed by atoms with van der Waals surface area (Å²) in [4.78, 5) is 31.8. The number of carbonyl (C=O) groups is 2. The van der Waals surface area contributed by atoms with Gasteiger partial charge >= 0.3 is 5.97 Å². The molecule has 3 N–H and O–H groups in total. The van der Waals surface area contributed by atoms with Crippen molar-refractivity contribution < 1.29 is 18.7 Å². The van der Waals surface area contributed by atoms with Crippen LogP contribution in [-0.2, 0) is 11.3 Å². The molecule has 1 heterocycles. The van der Waals surface area contributed by atoms with Crippen LogP contribution in [0.25, 0.3) is 6.08 Å². The minimum absolute atomic E-state index is 0.0443. The number of aromatic nitrogens is 2. The van der Waals surface area contributed by atoms with Gasteiger partial charge in [-0.25, -0.2) is 19.2 Å². The first kappa shape index (κ1) is 18.3. The van der Waals surface area contributed by atoms with E-state index in [2.05, 4.69) is 20.0 Å². The molecule has 1 aromatic carbocycles. The Morgan fingerprint density at radius 2 is 2.04 bits per heavy atom. The normalized spacial score (nSPS) is 10.7. The number of benzene rings is 1. The van der Waals surface area contributed by atoms with Gasteiger partial charge in [0.1, 0.15) is 11.5 Å². The zero-order chi connectivity index (χ0) is 18.4. The summed E-state index contributed by atoms with van der Waals surface area (Å²) in [6.07, 6.45) is 2.52. The molecule has 2 rings (SSSR count). The number of nitrogens with two attached hydrogens (primary N) is 1. The average molecular weight is 365 g/mol. The summed E-state index contributed by atoms with van der Waals surface area (Å²) in [5.41, 5.74) is 5.76. The van der Waals surface area contributed by atoms with Crippen LogP contribution in [0.3, 0.4) is 0 Å². The Balaban J connectivity index is 2.20. The molecule has 0 saturated heterocycles. The molecule has 0 atom stereocenters. The van der Waals surface area contributed by atoms with Crippen LogP contribution in [-0.4, -0.2) is 29.0 Å². The van der Waals surface area contributed by atoms with E-state index in [4.69, 9.17) is 17.3 Å². The maximum Gasteiger partial charge on any atom is 0.356 e. The van der Waals surface area contributed by atoms with Gasteiger partial charge in [0.2, 0.25) is 0 Å². The molecule has 0 saturated carbocycles. The van der Waals surface area contributed by atoms with Gasteiger partial charge in [0.05, 0.1) is 12.1 Å². The molecule has 0 bridgehead atoms. The summed E-state index contributed by atoms with van der Waals surface area (Å²) in [5, 5.41) is 2.55. The largest absolute Gasteiger partial charge is 0.464 e. The molecular formula is C16H14ClFN4O3. The fourth-order valence-corrected chi connectivity index (χ4v) is 2.08. The highest BCUT2D eigenvalue weighted by Crippen LogP contribution is 2.16.